The van der Waals surface area contributed by atoms with E-state index < -0.39 is 43.2 Å². The average Bonchev–Trinajstić information content (AvgIpc) is 3.31. The molecule has 4 aromatic rings. The molecular formula is C49H60N4O9. The van der Waals surface area contributed by atoms with E-state index in [9.17, 15) is 10.3 Å². The number of hydrogen-bond donors (Lipinski definition) is 0. The molecule has 330 valence electrons. The molecule has 13 heteroatoms. The quantitative estimate of drug-likeness (QED) is 0.0390. The normalized spacial score (nSPS) is 28.3. The minimum absolute atomic E-state index is 0.215. The minimum atomic E-state index is -0.751. The zero-order chi connectivity index (χ0) is 43.1. The van der Waals surface area contributed by atoms with Crippen LogP contribution in [0.3, 0.4) is 0 Å². The first-order valence-corrected chi connectivity index (χ1v) is 22.0. The third kappa shape index (κ3) is 12.0. The van der Waals surface area contributed by atoms with Crippen molar-refractivity contribution in [3.8, 4) is 0 Å². The summed E-state index contributed by atoms with van der Waals surface area (Å²) in [6, 6.07) is 38.9. The molecule has 5 unspecified atom stereocenters. The fourth-order valence-electron chi connectivity index (χ4n) is 8.45. The average molecular weight is 849 g/mol. The third-order valence-corrected chi connectivity index (χ3v) is 11.9. The molecule has 0 aliphatic carbocycles. The second-order valence-electron chi connectivity index (χ2n) is 16.3. The Labute approximate surface area is 365 Å². The van der Waals surface area contributed by atoms with Gasteiger partial charge in [0, 0.05) is 36.1 Å². The van der Waals surface area contributed by atoms with Gasteiger partial charge in [-0.05, 0) is 53.8 Å². The maximum absolute atomic E-state index is 13.2. The standard InChI is InChI=1S/C49H60N4O9/c1-4-40-43(61-46-35(3)44(56-31-37-22-12-6-13-23-37)45-41(60-46)33-57-47(62-45)39-26-16-8-17-27-39)34(2)42(51-52-50)48(59-40)55-29-19-9-18-28-53(30-36-20-10-5-11-21-36)49(54)58-32-38-24-14-7-15-25-38/h5-8,10-17,20-27,34-35,40-48H,4,9,18-19,28-33H2,1-3H3/t34-,35?,40?,41?,42?,43+,44+,45-,46+,47?,48+/m1/s1. The van der Waals surface area contributed by atoms with E-state index in [1.807, 2.05) is 135 Å². The van der Waals surface area contributed by atoms with Gasteiger partial charge in [-0.15, -0.1) is 0 Å². The maximum Gasteiger partial charge on any atom is 0.410 e. The lowest BCUT2D eigenvalue weighted by Crippen LogP contribution is -2.62. The summed E-state index contributed by atoms with van der Waals surface area (Å²) < 4.78 is 51.6. The van der Waals surface area contributed by atoms with Crippen molar-refractivity contribution in [3.63, 3.8) is 0 Å². The van der Waals surface area contributed by atoms with Crippen molar-refractivity contribution in [1.29, 1.82) is 0 Å². The van der Waals surface area contributed by atoms with Gasteiger partial charge in [-0.25, -0.2) is 4.79 Å². The minimum Gasteiger partial charge on any atom is -0.445 e. The van der Waals surface area contributed by atoms with Crippen molar-refractivity contribution < 1.29 is 42.7 Å². The van der Waals surface area contributed by atoms with Crippen LogP contribution < -0.4 is 0 Å². The lowest BCUT2D eigenvalue weighted by molar-refractivity contribution is -0.373. The zero-order valence-corrected chi connectivity index (χ0v) is 35.9. The molecule has 0 bridgehead atoms. The fourth-order valence-corrected chi connectivity index (χ4v) is 8.45. The first-order valence-electron chi connectivity index (χ1n) is 22.0. The van der Waals surface area contributed by atoms with Gasteiger partial charge in [0.1, 0.15) is 18.8 Å². The largest absolute Gasteiger partial charge is 0.445 e. The highest BCUT2D eigenvalue weighted by molar-refractivity contribution is 5.67. The summed E-state index contributed by atoms with van der Waals surface area (Å²) in [7, 11) is 0. The molecule has 62 heavy (non-hydrogen) atoms. The van der Waals surface area contributed by atoms with Gasteiger partial charge in [0.25, 0.3) is 0 Å². The van der Waals surface area contributed by atoms with Gasteiger partial charge < -0.3 is 42.8 Å². The first kappa shape index (κ1) is 45.2. The van der Waals surface area contributed by atoms with Gasteiger partial charge in [0.05, 0.1) is 37.6 Å². The monoisotopic (exact) mass is 848 g/mol. The molecular weight excluding hydrogens is 789 g/mol. The van der Waals surface area contributed by atoms with E-state index in [4.69, 9.17) is 37.9 Å². The van der Waals surface area contributed by atoms with Crippen molar-refractivity contribution in [1.82, 2.24) is 4.90 Å². The van der Waals surface area contributed by atoms with Crippen LogP contribution in [0.25, 0.3) is 10.4 Å². The smallest absolute Gasteiger partial charge is 0.410 e. The van der Waals surface area contributed by atoms with Gasteiger partial charge >= 0.3 is 6.09 Å². The van der Waals surface area contributed by atoms with Crippen molar-refractivity contribution in [3.05, 3.63) is 154 Å². The number of amides is 1. The van der Waals surface area contributed by atoms with Gasteiger partial charge in [0.2, 0.25) is 0 Å². The highest BCUT2D eigenvalue weighted by atomic mass is 16.8. The summed E-state index contributed by atoms with van der Waals surface area (Å²) in [6.07, 6.45) is -1.42. The molecule has 13 nitrogen and oxygen atoms in total. The van der Waals surface area contributed by atoms with Crippen LogP contribution in [-0.4, -0.2) is 79.9 Å². The highest BCUT2D eigenvalue weighted by Gasteiger charge is 2.52. The van der Waals surface area contributed by atoms with E-state index in [1.165, 1.54) is 0 Å². The van der Waals surface area contributed by atoms with Crippen molar-refractivity contribution >= 4 is 6.09 Å². The number of azide groups is 1. The number of fused-ring (bicyclic) bond motifs is 1. The van der Waals surface area contributed by atoms with E-state index in [1.54, 1.807) is 4.90 Å². The molecule has 0 N–H and O–H groups in total. The Morgan fingerprint density at radius 1 is 0.742 bits per heavy atom. The molecule has 11 atom stereocenters. The molecule has 0 spiro atoms. The molecule has 7 rings (SSSR count). The fraction of sp³-hybridized carbons (Fsp3) is 0.490. The first-order chi connectivity index (χ1) is 30.4. The molecule has 0 saturated carbocycles. The zero-order valence-electron chi connectivity index (χ0n) is 35.9. The van der Waals surface area contributed by atoms with Crippen LogP contribution in [-0.2, 0) is 57.7 Å². The van der Waals surface area contributed by atoms with Crippen LogP contribution in [0.15, 0.2) is 126 Å². The molecule has 3 aliphatic rings. The lowest BCUT2D eigenvalue weighted by atomic mass is 9.87. The predicted molar refractivity (Wildman–Crippen MR) is 232 cm³/mol. The topological polar surface area (TPSA) is 143 Å². The molecule has 3 aliphatic heterocycles. The Morgan fingerprint density at radius 2 is 1.39 bits per heavy atom. The number of carbonyl (C=O) groups excluding carboxylic acids is 1. The Bertz CT molecular complexity index is 1980. The molecule has 4 aromatic carbocycles. The van der Waals surface area contributed by atoms with E-state index in [0.29, 0.717) is 39.3 Å². The molecule has 0 aromatic heterocycles. The van der Waals surface area contributed by atoms with Crippen LogP contribution in [0.5, 0.6) is 0 Å². The Morgan fingerprint density at radius 3 is 2.05 bits per heavy atom. The SMILES string of the molecule is CCC1O[C@H](OCCCCCN(Cc2ccccc2)C(=O)OCc2ccccc2)C(N=[N+]=[N-])[C@@H](C)[C@@H]1O[C@@H]1OC2COC(c3ccccc3)O[C@H]2[C@@H](OCc2ccccc2)C1C. The second kappa shape index (κ2) is 23.0. The number of nitrogens with zero attached hydrogens (tertiary/aromatic N) is 4. The van der Waals surface area contributed by atoms with Gasteiger partial charge in [0.15, 0.2) is 18.9 Å². The predicted octanol–water partition coefficient (Wildman–Crippen LogP) is 9.91. The summed E-state index contributed by atoms with van der Waals surface area (Å²) in [5.41, 5.74) is 13.6. The summed E-state index contributed by atoms with van der Waals surface area (Å²) in [6.45, 7) is 8.42. The summed E-state index contributed by atoms with van der Waals surface area (Å²) in [5.74, 6) is -0.498. The Balaban J connectivity index is 0.945. The highest BCUT2D eigenvalue weighted by Crippen LogP contribution is 2.41. The van der Waals surface area contributed by atoms with Crippen LogP contribution >= 0.6 is 0 Å². The molecule has 3 saturated heterocycles. The van der Waals surface area contributed by atoms with E-state index >= 15 is 0 Å². The number of unbranched alkanes of at least 4 members (excludes halogenated alkanes) is 2. The van der Waals surface area contributed by atoms with Gasteiger partial charge in [-0.3, -0.25) is 0 Å². The molecule has 3 heterocycles. The second-order valence-corrected chi connectivity index (χ2v) is 16.3. The summed E-state index contributed by atoms with van der Waals surface area (Å²) in [4.78, 5) is 18.2. The van der Waals surface area contributed by atoms with Crippen molar-refractivity contribution in [2.75, 3.05) is 19.8 Å². The van der Waals surface area contributed by atoms with Crippen molar-refractivity contribution in [2.45, 2.75) is 122 Å². The Kier molecular flexibility index (Phi) is 16.8. The van der Waals surface area contributed by atoms with Crippen LogP contribution in [0, 0.1) is 11.8 Å². The number of hydrogen-bond acceptors (Lipinski definition) is 10. The van der Waals surface area contributed by atoms with Crippen molar-refractivity contribution in [2.24, 2.45) is 17.0 Å². The lowest BCUT2D eigenvalue weighted by Gasteiger charge is -2.51. The van der Waals surface area contributed by atoms with Crippen LogP contribution in [0.2, 0.25) is 0 Å². The number of rotatable bonds is 19. The maximum atomic E-state index is 13.2. The van der Waals surface area contributed by atoms with E-state index in [0.717, 1.165) is 41.5 Å². The van der Waals surface area contributed by atoms with E-state index in [-0.39, 0.29) is 36.7 Å². The molecule has 1 amide bonds. The molecule has 0 radical (unpaired) electrons. The van der Waals surface area contributed by atoms with Gasteiger partial charge in [-0.1, -0.05) is 147 Å². The van der Waals surface area contributed by atoms with E-state index in [2.05, 4.69) is 16.9 Å². The molecule has 3 fully saturated rings. The number of benzene rings is 4. The third-order valence-electron chi connectivity index (χ3n) is 11.9. The van der Waals surface area contributed by atoms with Crippen LogP contribution in [0.1, 0.15) is 75.0 Å². The summed E-state index contributed by atoms with van der Waals surface area (Å²) >= 11 is 0. The number of carbonyl (C=O) groups is 1. The van der Waals surface area contributed by atoms with Gasteiger partial charge in [-0.2, -0.15) is 0 Å². The van der Waals surface area contributed by atoms with Crippen LogP contribution in [0.4, 0.5) is 4.79 Å². The number of ether oxygens (including phenoxy) is 8. The Hall–Kier alpha value is -4.82. The summed E-state index contributed by atoms with van der Waals surface area (Å²) in [5, 5.41) is 4.18.